The molecule has 2 aromatic carbocycles. The van der Waals surface area contributed by atoms with Crippen molar-refractivity contribution in [1.82, 2.24) is 19.9 Å². The summed E-state index contributed by atoms with van der Waals surface area (Å²) < 4.78 is 33.8. The zero-order valence-corrected chi connectivity index (χ0v) is 22.9. The van der Waals surface area contributed by atoms with Crippen molar-refractivity contribution in [3.63, 3.8) is 0 Å². The minimum Gasteiger partial charge on any atom is -0.365 e. The maximum absolute atomic E-state index is 13.8. The molecule has 39 heavy (non-hydrogen) atoms. The molecule has 2 amide bonds. The highest BCUT2D eigenvalue weighted by molar-refractivity contribution is 7.99. The molecule has 0 aliphatic carbocycles. The van der Waals surface area contributed by atoms with Crippen molar-refractivity contribution in [3.05, 3.63) is 101 Å². The Labute approximate surface area is 232 Å². The lowest BCUT2D eigenvalue weighted by Gasteiger charge is -2.42. The van der Waals surface area contributed by atoms with Gasteiger partial charge in [-0.2, -0.15) is 0 Å². The van der Waals surface area contributed by atoms with E-state index in [0.29, 0.717) is 26.2 Å². The standard InChI is InChI=1S/C30H34F2N4O2S/c1-2-16-36(30(37)35-19-20-39-29(35)24-4-3-15-33-21-24)34-17-13-27(14-18-34)38-28(22-5-9-25(31)10-6-22)23-7-11-26(32)12-8-23/h3-12,15,21,27-29H,2,13-14,16-20H2,1H3. The van der Waals surface area contributed by atoms with Crippen LogP contribution in [0.5, 0.6) is 0 Å². The fraction of sp³-hybridized carbons (Fsp3) is 0.400. The van der Waals surface area contributed by atoms with Gasteiger partial charge in [0.2, 0.25) is 0 Å². The van der Waals surface area contributed by atoms with Gasteiger partial charge in [-0.3, -0.25) is 9.99 Å². The molecule has 2 saturated heterocycles. The van der Waals surface area contributed by atoms with E-state index in [1.165, 1.54) is 24.3 Å². The van der Waals surface area contributed by atoms with Crippen LogP contribution in [0.1, 0.15) is 54.4 Å². The number of carbonyl (C=O) groups is 1. The third-order valence-electron chi connectivity index (χ3n) is 7.20. The van der Waals surface area contributed by atoms with Crippen LogP contribution in [0.25, 0.3) is 0 Å². The van der Waals surface area contributed by atoms with E-state index in [2.05, 4.69) is 16.9 Å². The van der Waals surface area contributed by atoms with Crippen molar-refractivity contribution in [3.8, 4) is 0 Å². The molecule has 2 aliphatic heterocycles. The molecular weight excluding hydrogens is 518 g/mol. The Hall–Kier alpha value is -3.01. The molecule has 6 nitrogen and oxygen atoms in total. The van der Waals surface area contributed by atoms with Gasteiger partial charge in [-0.1, -0.05) is 37.3 Å². The topological polar surface area (TPSA) is 48.9 Å². The van der Waals surface area contributed by atoms with Gasteiger partial charge in [-0.25, -0.2) is 18.6 Å². The Morgan fingerprint density at radius 2 is 1.67 bits per heavy atom. The second kappa shape index (κ2) is 12.9. The summed E-state index contributed by atoms with van der Waals surface area (Å²) in [6.45, 7) is 4.82. The molecule has 1 atom stereocenters. The lowest BCUT2D eigenvalue weighted by atomic mass is 10.00. The number of halogens is 2. The molecule has 206 valence electrons. The predicted octanol–water partition coefficient (Wildman–Crippen LogP) is 6.42. The fourth-order valence-corrected chi connectivity index (χ4v) is 6.45. The van der Waals surface area contributed by atoms with Gasteiger partial charge >= 0.3 is 6.03 Å². The molecule has 2 fully saturated rings. The number of ether oxygens (including phenoxy) is 1. The second-order valence-corrected chi connectivity index (χ2v) is 11.1. The highest BCUT2D eigenvalue weighted by Crippen LogP contribution is 2.38. The lowest BCUT2D eigenvalue weighted by Crippen LogP contribution is -2.55. The first kappa shape index (κ1) is 27.6. The number of pyridine rings is 1. The van der Waals surface area contributed by atoms with Crippen LogP contribution < -0.4 is 0 Å². The van der Waals surface area contributed by atoms with Crippen molar-refractivity contribution in [2.24, 2.45) is 0 Å². The van der Waals surface area contributed by atoms with Crippen molar-refractivity contribution in [2.75, 3.05) is 31.9 Å². The van der Waals surface area contributed by atoms with Crippen molar-refractivity contribution >= 4 is 17.8 Å². The Morgan fingerprint density at radius 3 is 2.23 bits per heavy atom. The highest BCUT2D eigenvalue weighted by atomic mass is 32.2. The largest absolute Gasteiger partial charge is 0.365 e. The summed E-state index contributed by atoms with van der Waals surface area (Å²) in [5.41, 5.74) is 2.69. The number of amides is 2. The molecule has 0 saturated carbocycles. The number of aromatic nitrogens is 1. The normalized spacial score (nSPS) is 18.6. The molecule has 1 aromatic heterocycles. The van der Waals surface area contributed by atoms with Crippen LogP contribution in [0, 0.1) is 11.6 Å². The third kappa shape index (κ3) is 6.59. The molecule has 2 aliphatic rings. The monoisotopic (exact) mass is 552 g/mol. The molecule has 9 heteroatoms. The summed E-state index contributed by atoms with van der Waals surface area (Å²) in [4.78, 5) is 20.0. The maximum Gasteiger partial charge on any atom is 0.335 e. The molecule has 0 bridgehead atoms. The maximum atomic E-state index is 13.8. The number of carbonyl (C=O) groups excluding carboxylic acids is 1. The summed E-state index contributed by atoms with van der Waals surface area (Å²) in [6, 6.07) is 16.5. The quantitative estimate of drug-likeness (QED) is 0.323. The van der Waals surface area contributed by atoms with E-state index in [-0.39, 0.29) is 29.1 Å². The Balaban J connectivity index is 1.26. The van der Waals surface area contributed by atoms with Gasteiger partial charge in [0.25, 0.3) is 0 Å². The van der Waals surface area contributed by atoms with Crippen LogP contribution in [0.15, 0.2) is 73.1 Å². The molecule has 5 rings (SSSR count). The van der Waals surface area contributed by atoms with Crippen LogP contribution in [-0.2, 0) is 4.74 Å². The molecule has 3 heterocycles. The second-order valence-electron chi connectivity index (χ2n) is 9.88. The van der Waals surface area contributed by atoms with E-state index in [0.717, 1.165) is 41.7 Å². The molecule has 3 aromatic rings. The number of rotatable bonds is 8. The van der Waals surface area contributed by atoms with Gasteiger partial charge in [0, 0.05) is 49.9 Å². The zero-order chi connectivity index (χ0) is 27.2. The van der Waals surface area contributed by atoms with Gasteiger partial charge in [0.1, 0.15) is 23.1 Å². The number of piperidine rings is 1. The molecular formula is C30H34F2N4O2S. The van der Waals surface area contributed by atoms with Crippen LogP contribution >= 0.6 is 11.8 Å². The van der Waals surface area contributed by atoms with Crippen LogP contribution in [-0.4, -0.2) is 64.0 Å². The number of thioether (sulfide) groups is 1. The van der Waals surface area contributed by atoms with E-state index < -0.39 is 6.10 Å². The SMILES string of the molecule is CCCN(C(=O)N1CCSC1c1cccnc1)N1CCC(OC(c2ccc(F)cc2)c2ccc(F)cc2)CC1. The third-order valence-corrected chi connectivity index (χ3v) is 8.46. The number of hydrogen-bond acceptors (Lipinski definition) is 5. The number of urea groups is 1. The number of nitrogens with zero attached hydrogens (tertiary/aromatic N) is 4. The first-order valence-corrected chi connectivity index (χ1v) is 14.6. The van der Waals surface area contributed by atoms with Crippen LogP contribution in [0.3, 0.4) is 0 Å². The predicted molar refractivity (Wildman–Crippen MR) is 149 cm³/mol. The van der Waals surface area contributed by atoms with Crippen LogP contribution in [0.2, 0.25) is 0 Å². The first-order valence-electron chi connectivity index (χ1n) is 13.5. The minimum absolute atomic E-state index is 0.0291. The van der Waals surface area contributed by atoms with Crippen molar-refractivity contribution < 1.29 is 18.3 Å². The summed E-state index contributed by atoms with van der Waals surface area (Å²) in [5, 5.41) is 4.03. The Morgan fingerprint density at radius 1 is 1.03 bits per heavy atom. The smallest absolute Gasteiger partial charge is 0.335 e. The molecule has 0 N–H and O–H groups in total. The summed E-state index contributed by atoms with van der Waals surface area (Å²) >= 11 is 1.77. The summed E-state index contributed by atoms with van der Waals surface area (Å²) in [7, 11) is 0. The van der Waals surface area contributed by atoms with Crippen molar-refractivity contribution in [1.29, 1.82) is 0 Å². The molecule has 0 spiro atoms. The summed E-state index contributed by atoms with van der Waals surface area (Å²) in [5.74, 6) is 0.274. The number of benzene rings is 2. The van der Waals surface area contributed by atoms with Gasteiger partial charge < -0.3 is 9.64 Å². The average molecular weight is 553 g/mol. The first-order chi connectivity index (χ1) is 19.0. The Kier molecular flexibility index (Phi) is 9.11. The van der Waals surface area contributed by atoms with E-state index in [1.54, 1.807) is 42.2 Å². The number of hydrazine groups is 1. The zero-order valence-electron chi connectivity index (χ0n) is 22.1. The fourth-order valence-electron chi connectivity index (χ4n) is 5.22. The number of hydrogen-bond donors (Lipinski definition) is 0. The molecule has 0 radical (unpaired) electrons. The van der Waals surface area contributed by atoms with E-state index >= 15 is 0 Å². The highest BCUT2D eigenvalue weighted by Gasteiger charge is 2.36. The van der Waals surface area contributed by atoms with E-state index in [4.69, 9.17) is 4.74 Å². The Bertz CT molecular complexity index is 1160. The van der Waals surface area contributed by atoms with Gasteiger partial charge in [-0.05, 0) is 60.7 Å². The minimum atomic E-state index is -0.432. The molecule has 1 unspecified atom stereocenters. The van der Waals surface area contributed by atoms with Gasteiger partial charge in [0.15, 0.2) is 0 Å². The van der Waals surface area contributed by atoms with Gasteiger partial charge in [-0.15, -0.1) is 11.8 Å². The van der Waals surface area contributed by atoms with Gasteiger partial charge in [0.05, 0.1) is 6.10 Å². The van der Waals surface area contributed by atoms with E-state index in [9.17, 15) is 13.6 Å². The average Bonchev–Trinajstić information content (AvgIpc) is 3.47. The van der Waals surface area contributed by atoms with Crippen molar-refractivity contribution in [2.45, 2.75) is 43.8 Å². The lowest BCUT2D eigenvalue weighted by molar-refractivity contribution is -0.0760. The summed E-state index contributed by atoms with van der Waals surface area (Å²) in [6.07, 6.45) is 5.46. The van der Waals surface area contributed by atoms with Crippen LogP contribution in [0.4, 0.5) is 13.6 Å². The van der Waals surface area contributed by atoms with E-state index in [1.807, 2.05) is 28.2 Å².